The molecule has 15 heavy (non-hydrogen) atoms. The monoisotopic (exact) mass is 277 g/mol. The van der Waals surface area contributed by atoms with E-state index in [1.165, 1.54) is 0 Å². The molecule has 0 aromatic carbocycles. The van der Waals surface area contributed by atoms with Gasteiger partial charge < -0.3 is 5.32 Å². The van der Waals surface area contributed by atoms with Crippen LogP contribution in [0.1, 0.15) is 53.4 Å². The van der Waals surface area contributed by atoms with E-state index in [1.54, 1.807) is 0 Å². The van der Waals surface area contributed by atoms with E-state index in [-0.39, 0.29) is 17.4 Å². The quantitative estimate of drug-likeness (QED) is 0.710. The van der Waals surface area contributed by atoms with Gasteiger partial charge in [0.2, 0.25) is 5.91 Å². The summed E-state index contributed by atoms with van der Waals surface area (Å²) in [6.07, 6.45) is 3.98. The lowest BCUT2D eigenvalue weighted by Crippen LogP contribution is -2.50. The molecule has 0 radical (unpaired) electrons. The van der Waals surface area contributed by atoms with Crippen LogP contribution in [0.2, 0.25) is 0 Å². The second kappa shape index (κ2) is 7.26. The van der Waals surface area contributed by atoms with E-state index in [2.05, 4.69) is 42.0 Å². The molecule has 0 fully saturated rings. The molecule has 1 amide bonds. The molecule has 0 saturated carbocycles. The SMILES string of the molecule is CCCC(C)C(=O)NC(CC)(CC)CBr. The van der Waals surface area contributed by atoms with Crippen molar-refractivity contribution in [2.45, 2.75) is 58.9 Å². The second-order valence-electron chi connectivity index (χ2n) is 4.30. The molecule has 0 aromatic heterocycles. The fraction of sp³-hybridized carbons (Fsp3) is 0.917. The van der Waals surface area contributed by atoms with E-state index in [1.807, 2.05) is 6.92 Å². The van der Waals surface area contributed by atoms with Gasteiger partial charge in [0.25, 0.3) is 0 Å². The van der Waals surface area contributed by atoms with Crippen molar-refractivity contribution >= 4 is 21.8 Å². The Morgan fingerprint density at radius 2 is 1.87 bits per heavy atom. The number of nitrogens with one attached hydrogen (secondary N) is 1. The molecule has 90 valence electrons. The number of carbonyl (C=O) groups is 1. The van der Waals surface area contributed by atoms with Crippen LogP contribution in [0.25, 0.3) is 0 Å². The first-order valence-electron chi connectivity index (χ1n) is 5.93. The molecule has 1 unspecified atom stereocenters. The third kappa shape index (κ3) is 4.54. The summed E-state index contributed by atoms with van der Waals surface area (Å²) in [5, 5.41) is 4.01. The highest BCUT2D eigenvalue weighted by molar-refractivity contribution is 9.09. The zero-order valence-corrected chi connectivity index (χ0v) is 12.0. The molecule has 0 aromatic rings. The molecule has 0 aliphatic heterocycles. The van der Waals surface area contributed by atoms with Crippen molar-refractivity contribution in [2.24, 2.45) is 5.92 Å². The standard InChI is InChI=1S/C12H24BrNO/c1-5-8-10(4)11(15)14-12(6-2,7-3)9-13/h10H,5-9H2,1-4H3,(H,14,15). The van der Waals surface area contributed by atoms with Crippen molar-refractivity contribution in [1.29, 1.82) is 0 Å². The third-order valence-corrected chi connectivity index (χ3v) is 4.24. The average Bonchev–Trinajstić information content (AvgIpc) is 2.26. The molecule has 0 heterocycles. The topological polar surface area (TPSA) is 29.1 Å². The van der Waals surface area contributed by atoms with Gasteiger partial charge in [-0.3, -0.25) is 4.79 Å². The fourth-order valence-electron chi connectivity index (χ4n) is 1.60. The van der Waals surface area contributed by atoms with Gasteiger partial charge in [-0.1, -0.05) is 50.0 Å². The van der Waals surface area contributed by atoms with Gasteiger partial charge in [0, 0.05) is 16.8 Å². The molecule has 0 aliphatic carbocycles. The van der Waals surface area contributed by atoms with Crippen molar-refractivity contribution in [3.63, 3.8) is 0 Å². The van der Waals surface area contributed by atoms with E-state index in [4.69, 9.17) is 0 Å². The van der Waals surface area contributed by atoms with Gasteiger partial charge in [-0.15, -0.1) is 0 Å². The summed E-state index contributed by atoms with van der Waals surface area (Å²) in [6.45, 7) is 8.36. The lowest BCUT2D eigenvalue weighted by atomic mass is 9.94. The summed E-state index contributed by atoms with van der Waals surface area (Å²) < 4.78 is 0. The van der Waals surface area contributed by atoms with Crippen molar-refractivity contribution in [3.8, 4) is 0 Å². The minimum atomic E-state index is -0.0565. The van der Waals surface area contributed by atoms with Crippen LogP contribution in [0.15, 0.2) is 0 Å². The Hall–Kier alpha value is -0.0500. The van der Waals surface area contributed by atoms with E-state index in [9.17, 15) is 4.79 Å². The van der Waals surface area contributed by atoms with Gasteiger partial charge in [0.1, 0.15) is 0 Å². The van der Waals surface area contributed by atoms with E-state index < -0.39 is 0 Å². The Balaban J connectivity index is 4.34. The summed E-state index contributed by atoms with van der Waals surface area (Å²) in [5.74, 6) is 0.325. The molecule has 3 heteroatoms. The highest BCUT2D eigenvalue weighted by atomic mass is 79.9. The van der Waals surface area contributed by atoms with E-state index in [0.29, 0.717) is 0 Å². The predicted octanol–water partition coefficient (Wildman–Crippen LogP) is 3.49. The van der Waals surface area contributed by atoms with Gasteiger partial charge >= 0.3 is 0 Å². The van der Waals surface area contributed by atoms with Crippen LogP contribution in [0.3, 0.4) is 0 Å². The number of rotatable bonds is 7. The van der Waals surface area contributed by atoms with Crippen LogP contribution in [0.5, 0.6) is 0 Å². The third-order valence-electron chi connectivity index (χ3n) is 3.17. The highest BCUT2D eigenvalue weighted by Crippen LogP contribution is 2.19. The Morgan fingerprint density at radius 1 is 1.33 bits per heavy atom. The molecular formula is C12H24BrNO. The Kier molecular flexibility index (Phi) is 7.24. The maximum Gasteiger partial charge on any atom is 0.223 e. The molecule has 2 nitrogen and oxygen atoms in total. The van der Waals surface area contributed by atoms with Crippen LogP contribution in [0.4, 0.5) is 0 Å². The molecule has 0 spiro atoms. The summed E-state index contributed by atoms with van der Waals surface area (Å²) in [6, 6.07) is 0. The first kappa shape index (κ1) is 14.9. The highest BCUT2D eigenvalue weighted by Gasteiger charge is 2.28. The number of carbonyl (C=O) groups excluding carboxylic acids is 1. The predicted molar refractivity (Wildman–Crippen MR) is 69.3 cm³/mol. The van der Waals surface area contributed by atoms with Gasteiger partial charge in [-0.25, -0.2) is 0 Å². The molecule has 1 N–H and O–H groups in total. The lowest BCUT2D eigenvalue weighted by Gasteiger charge is -2.32. The number of halogens is 1. The van der Waals surface area contributed by atoms with Crippen LogP contribution >= 0.6 is 15.9 Å². The zero-order valence-electron chi connectivity index (χ0n) is 10.4. The maximum atomic E-state index is 11.9. The van der Waals surface area contributed by atoms with Crippen LogP contribution < -0.4 is 5.32 Å². The number of amides is 1. The Bertz CT molecular complexity index is 182. The van der Waals surface area contributed by atoms with Gasteiger partial charge in [-0.2, -0.15) is 0 Å². The fourth-order valence-corrected chi connectivity index (χ4v) is 2.53. The first-order chi connectivity index (χ1) is 7.05. The summed E-state index contributed by atoms with van der Waals surface area (Å²) in [7, 11) is 0. The summed E-state index contributed by atoms with van der Waals surface area (Å²) in [5.41, 5.74) is -0.0565. The first-order valence-corrected chi connectivity index (χ1v) is 7.05. The molecule has 0 aliphatic rings. The average molecular weight is 278 g/mol. The van der Waals surface area contributed by atoms with Crippen LogP contribution in [0, 0.1) is 5.92 Å². The Labute approximate surface area is 102 Å². The number of hydrogen-bond donors (Lipinski definition) is 1. The van der Waals surface area contributed by atoms with Crippen molar-refractivity contribution in [1.82, 2.24) is 5.32 Å². The summed E-state index contributed by atoms with van der Waals surface area (Å²) in [4.78, 5) is 11.9. The van der Waals surface area contributed by atoms with E-state index in [0.717, 1.165) is 31.0 Å². The minimum absolute atomic E-state index is 0.0565. The van der Waals surface area contributed by atoms with Crippen LogP contribution in [-0.2, 0) is 4.79 Å². The van der Waals surface area contributed by atoms with E-state index >= 15 is 0 Å². The Morgan fingerprint density at radius 3 is 2.20 bits per heavy atom. The van der Waals surface area contributed by atoms with Crippen molar-refractivity contribution in [3.05, 3.63) is 0 Å². The minimum Gasteiger partial charge on any atom is -0.350 e. The molecule has 0 bridgehead atoms. The number of hydrogen-bond acceptors (Lipinski definition) is 1. The molecule has 1 atom stereocenters. The largest absolute Gasteiger partial charge is 0.350 e. The summed E-state index contributed by atoms with van der Waals surface area (Å²) >= 11 is 3.50. The molecule has 0 saturated heterocycles. The van der Waals surface area contributed by atoms with Gasteiger partial charge in [0.05, 0.1) is 0 Å². The van der Waals surface area contributed by atoms with Gasteiger partial charge in [0.15, 0.2) is 0 Å². The molecular weight excluding hydrogens is 254 g/mol. The van der Waals surface area contributed by atoms with Gasteiger partial charge in [-0.05, 0) is 19.3 Å². The maximum absolute atomic E-state index is 11.9. The van der Waals surface area contributed by atoms with Crippen molar-refractivity contribution in [2.75, 3.05) is 5.33 Å². The number of alkyl halides is 1. The molecule has 0 rings (SSSR count). The van der Waals surface area contributed by atoms with Crippen molar-refractivity contribution < 1.29 is 4.79 Å². The normalized spacial score (nSPS) is 13.7. The lowest BCUT2D eigenvalue weighted by molar-refractivity contribution is -0.126. The van der Waals surface area contributed by atoms with Crippen LogP contribution in [-0.4, -0.2) is 16.8 Å². The second-order valence-corrected chi connectivity index (χ2v) is 4.86. The smallest absolute Gasteiger partial charge is 0.223 e. The zero-order chi connectivity index (χ0) is 11.9.